The third-order valence-corrected chi connectivity index (χ3v) is 5.07. The lowest BCUT2D eigenvalue weighted by Gasteiger charge is -2.21. The maximum absolute atomic E-state index is 12.8. The molecule has 0 radical (unpaired) electrons. The first-order valence-electron chi connectivity index (χ1n) is 9.83. The number of rotatable bonds is 9. The second-order valence-corrected chi connectivity index (χ2v) is 6.96. The molecule has 0 saturated heterocycles. The molecule has 7 heteroatoms. The predicted molar refractivity (Wildman–Crippen MR) is 111 cm³/mol. The van der Waals surface area contributed by atoms with Crippen LogP contribution >= 0.6 is 0 Å². The first kappa shape index (κ1) is 21.4. The lowest BCUT2D eigenvalue weighted by atomic mass is 9.86. The quantitative estimate of drug-likeness (QED) is 0.476. The Bertz CT molecular complexity index is 971. The number of carbonyl (C=O) groups is 1. The van der Waals surface area contributed by atoms with Crippen LogP contribution in [0.15, 0.2) is 53.1 Å². The first-order chi connectivity index (χ1) is 14.6. The van der Waals surface area contributed by atoms with Gasteiger partial charge in [-0.2, -0.15) is 4.98 Å². The molecule has 0 amide bonds. The average molecular weight is 410 g/mol. The third kappa shape index (κ3) is 4.79. The van der Waals surface area contributed by atoms with Crippen molar-refractivity contribution >= 4 is 5.97 Å². The number of ether oxygens (including phenoxy) is 3. The fourth-order valence-electron chi connectivity index (χ4n) is 3.22. The van der Waals surface area contributed by atoms with Crippen molar-refractivity contribution in [2.24, 2.45) is 5.92 Å². The van der Waals surface area contributed by atoms with Crippen molar-refractivity contribution in [1.82, 2.24) is 10.1 Å². The van der Waals surface area contributed by atoms with Crippen molar-refractivity contribution in [3.05, 3.63) is 60.0 Å². The van der Waals surface area contributed by atoms with E-state index < -0.39 is 0 Å². The lowest BCUT2D eigenvalue weighted by Crippen LogP contribution is -2.22. The summed E-state index contributed by atoms with van der Waals surface area (Å²) in [5.74, 6) is 1.27. The maximum Gasteiger partial charge on any atom is 0.314 e. The Hall–Kier alpha value is -3.35. The summed E-state index contributed by atoms with van der Waals surface area (Å²) in [4.78, 5) is 17.1. The highest BCUT2D eigenvalue weighted by Gasteiger charge is 2.27. The van der Waals surface area contributed by atoms with Gasteiger partial charge >= 0.3 is 5.97 Å². The molecule has 0 aliphatic heterocycles. The number of hydrogen-bond donors (Lipinski definition) is 0. The van der Waals surface area contributed by atoms with Crippen molar-refractivity contribution in [3.8, 4) is 22.9 Å². The highest BCUT2D eigenvalue weighted by atomic mass is 16.6. The molecule has 3 aromatic rings. The van der Waals surface area contributed by atoms with E-state index >= 15 is 0 Å². The minimum absolute atomic E-state index is 0.0844. The van der Waals surface area contributed by atoms with Crippen LogP contribution in [0.3, 0.4) is 0 Å². The molecular weight excluding hydrogens is 384 g/mol. The van der Waals surface area contributed by atoms with Gasteiger partial charge in [-0.1, -0.05) is 55.8 Å². The van der Waals surface area contributed by atoms with E-state index in [-0.39, 0.29) is 30.3 Å². The van der Waals surface area contributed by atoms with Gasteiger partial charge in [0.25, 0.3) is 5.89 Å². The number of aromatic nitrogens is 2. The molecule has 0 aliphatic rings. The summed E-state index contributed by atoms with van der Waals surface area (Å²) in [5.41, 5.74) is 1.64. The van der Waals surface area contributed by atoms with Crippen LogP contribution in [0.2, 0.25) is 0 Å². The zero-order valence-electron chi connectivity index (χ0n) is 17.6. The fraction of sp³-hybridized carbons (Fsp3) is 0.348. The Morgan fingerprint density at radius 2 is 1.80 bits per heavy atom. The molecule has 1 aromatic heterocycles. The number of carbonyl (C=O) groups excluding carboxylic acids is 1. The maximum atomic E-state index is 12.8. The van der Waals surface area contributed by atoms with Crippen molar-refractivity contribution in [2.75, 3.05) is 14.2 Å². The summed E-state index contributed by atoms with van der Waals surface area (Å²) < 4.78 is 21.3. The molecular formula is C23H26N2O5. The molecule has 0 fully saturated rings. The molecule has 3 rings (SSSR count). The smallest absolute Gasteiger partial charge is 0.314 e. The molecule has 0 unspecified atom stereocenters. The average Bonchev–Trinajstić information content (AvgIpc) is 3.27. The number of benzene rings is 2. The Balaban J connectivity index is 1.71. The van der Waals surface area contributed by atoms with Gasteiger partial charge in [0.15, 0.2) is 18.1 Å². The predicted octanol–water partition coefficient (Wildman–Crippen LogP) is 4.63. The SMILES string of the molecule is CC[C@@H](C)[C@H](C(=O)OCc1nc(-c2ccc(OC)c(OC)c2)no1)c1ccccc1. The second kappa shape index (κ2) is 9.91. The minimum Gasteiger partial charge on any atom is -0.493 e. The van der Waals surface area contributed by atoms with Gasteiger partial charge in [0.05, 0.1) is 20.1 Å². The Labute approximate surface area is 176 Å². The van der Waals surface area contributed by atoms with Crippen LogP contribution in [0.25, 0.3) is 11.4 Å². The summed E-state index contributed by atoms with van der Waals surface area (Å²) >= 11 is 0. The van der Waals surface area contributed by atoms with Gasteiger partial charge in [-0.05, 0) is 29.7 Å². The largest absolute Gasteiger partial charge is 0.493 e. The number of esters is 1. The van der Waals surface area contributed by atoms with Crippen LogP contribution in [0.5, 0.6) is 11.5 Å². The van der Waals surface area contributed by atoms with E-state index in [1.165, 1.54) is 0 Å². The number of nitrogens with zero attached hydrogens (tertiary/aromatic N) is 2. The van der Waals surface area contributed by atoms with E-state index in [0.29, 0.717) is 22.9 Å². The van der Waals surface area contributed by atoms with Gasteiger partial charge in [0, 0.05) is 5.56 Å². The molecule has 30 heavy (non-hydrogen) atoms. The Kier molecular flexibility index (Phi) is 7.06. The van der Waals surface area contributed by atoms with Gasteiger partial charge in [-0.3, -0.25) is 4.79 Å². The van der Waals surface area contributed by atoms with E-state index in [9.17, 15) is 4.79 Å². The van der Waals surface area contributed by atoms with Crippen molar-refractivity contribution < 1.29 is 23.5 Å². The summed E-state index contributed by atoms with van der Waals surface area (Å²) in [6.07, 6.45) is 0.860. The molecule has 2 aromatic carbocycles. The lowest BCUT2D eigenvalue weighted by molar-refractivity contribution is -0.149. The topological polar surface area (TPSA) is 83.7 Å². The van der Waals surface area contributed by atoms with Crippen LogP contribution < -0.4 is 9.47 Å². The highest BCUT2D eigenvalue weighted by Crippen LogP contribution is 2.31. The normalized spacial score (nSPS) is 12.8. The summed E-state index contributed by atoms with van der Waals surface area (Å²) in [5, 5.41) is 3.98. The van der Waals surface area contributed by atoms with Crippen LogP contribution in [0, 0.1) is 5.92 Å². The molecule has 0 aliphatic carbocycles. The zero-order valence-corrected chi connectivity index (χ0v) is 17.6. The molecule has 2 atom stereocenters. The van der Waals surface area contributed by atoms with Crippen molar-refractivity contribution in [2.45, 2.75) is 32.8 Å². The third-order valence-electron chi connectivity index (χ3n) is 5.07. The van der Waals surface area contributed by atoms with Crippen molar-refractivity contribution in [3.63, 3.8) is 0 Å². The first-order valence-corrected chi connectivity index (χ1v) is 9.83. The van der Waals surface area contributed by atoms with E-state index in [0.717, 1.165) is 12.0 Å². The zero-order chi connectivity index (χ0) is 21.5. The molecule has 1 heterocycles. The number of hydrogen-bond acceptors (Lipinski definition) is 7. The Morgan fingerprint density at radius 3 is 2.47 bits per heavy atom. The van der Waals surface area contributed by atoms with Gasteiger partial charge in [-0.25, -0.2) is 0 Å². The van der Waals surface area contributed by atoms with E-state index in [2.05, 4.69) is 17.1 Å². The van der Waals surface area contributed by atoms with Crippen LogP contribution in [-0.2, 0) is 16.1 Å². The Morgan fingerprint density at radius 1 is 1.07 bits per heavy atom. The molecule has 0 bridgehead atoms. The molecule has 0 saturated carbocycles. The molecule has 158 valence electrons. The number of methoxy groups -OCH3 is 2. The van der Waals surface area contributed by atoms with Crippen LogP contribution in [0.4, 0.5) is 0 Å². The van der Waals surface area contributed by atoms with E-state index in [4.69, 9.17) is 18.7 Å². The summed E-state index contributed by atoms with van der Waals surface area (Å²) in [6, 6.07) is 15.0. The van der Waals surface area contributed by atoms with Gasteiger partial charge in [0.1, 0.15) is 0 Å². The standard InChI is InChI=1S/C23H26N2O5/c1-5-15(2)21(16-9-7-6-8-10-16)23(26)29-14-20-24-22(25-30-20)17-11-12-18(27-3)19(13-17)28-4/h6-13,15,21H,5,14H2,1-4H3/t15-,21+/m1/s1. The monoisotopic (exact) mass is 410 g/mol. The van der Waals surface area contributed by atoms with Crippen molar-refractivity contribution in [1.29, 1.82) is 0 Å². The summed E-state index contributed by atoms with van der Waals surface area (Å²) in [6.45, 7) is 4.01. The second-order valence-electron chi connectivity index (χ2n) is 6.96. The molecule has 0 N–H and O–H groups in total. The summed E-state index contributed by atoms with van der Waals surface area (Å²) in [7, 11) is 3.13. The van der Waals surface area contributed by atoms with Gasteiger partial charge < -0.3 is 18.7 Å². The molecule has 7 nitrogen and oxygen atoms in total. The minimum atomic E-state index is -0.343. The molecule has 0 spiro atoms. The van der Waals surface area contributed by atoms with E-state index in [1.54, 1.807) is 32.4 Å². The van der Waals surface area contributed by atoms with Crippen LogP contribution in [-0.4, -0.2) is 30.3 Å². The van der Waals surface area contributed by atoms with E-state index in [1.807, 2.05) is 37.3 Å². The van der Waals surface area contributed by atoms with Crippen LogP contribution in [0.1, 0.15) is 37.6 Å². The van der Waals surface area contributed by atoms with Gasteiger partial charge in [-0.15, -0.1) is 0 Å². The van der Waals surface area contributed by atoms with Gasteiger partial charge in [0.2, 0.25) is 5.82 Å². The fourth-order valence-corrected chi connectivity index (χ4v) is 3.22. The highest BCUT2D eigenvalue weighted by molar-refractivity contribution is 5.78.